The van der Waals surface area contributed by atoms with E-state index in [0.717, 1.165) is 17.1 Å². The molecule has 0 amide bonds. The summed E-state index contributed by atoms with van der Waals surface area (Å²) in [7, 11) is 0. The molecule has 0 fully saturated rings. The average molecular weight is 446 g/mol. The lowest BCUT2D eigenvalue weighted by atomic mass is 10.1. The molecule has 5 heteroatoms. The summed E-state index contributed by atoms with van der Waals surface area (Å²) in [5, 5.41) is 15.0. The lowest BCUT2D eigenvalue weighted by Crippen LogP contribution is -2.25. The van der Waals surface area contributed by atoms with Crippen molar-refractivity contribution >= 4 is 33.7 Å². The minimum atomic E-state index is -0.314. The highest BCUT2D eigenvalue weighted by Gasteiger charge is 2.19. The van der Waals surface area contributed by atoms with Crippen LogP contribution in [0.15, 0.2) is 119 Å². The number of anilines is 2. The molecule has 0 aliphatic rings. The highest BCUT2D eigenvalue weighted by atomic mass is 16.3. The van der Waals surface area contributed by atoms with Gasteiger partial charge in [0.25, 0.3) is 5.56 Å². The number of aromatic hydroxyl groups is 1. The monoisotopic (exact) mass is 445 g/mol. The Morgan fingerprint density at radius 1 is 0.765 bits per heavy atom. The molecule has 5 aromatic rings. The lowest BCUT2D eigenvalue weighted by Gasteiger charge is -2.15. The molecule has 5 rings (SSSR count). The first kappa shape index (κ1) is 21.2. The van der Waals surface area contributed by atoms with E-state index in [1.807, 2.05) is 109 Å². The van der Waals surface area contributed by atoms with Crippen molar-refractivity contribution in [1.82, 2.24) is 4.57 Å². The van der Waals surface area contributed by atoms with Crippen molar-refractivity contribution in [1.29, 1.82) is 0 Å². The predicted molar refractivity (Wildman–Crippen MR) is 139 cm³/mol. The number of nitrogens with zero attached hydrogens (tertiary/aromatic N) is 2. The van der Waals surface area contributed by atoms with Crippen LogP contribution in [0, 0.1) is 0 Å². The highest BCUT2D eigenvalue weighted by Crippen LogP contribution is 2.29. The minimum Gasteiger partial charge on any atom is -0.506 e. The number of rotatable bonds is 5. The molecule has 0 bridgehead atoms. The molecule has 0 aliphatic carbocycles. The molecule has 0 spiro atoms. The van der Waals surface area contributed by atoms with E-state index in [1.54, 1.807) is 11.5 Å². The average Bonchev–Trinajstić information content (AvgIpc) is 2.87. The third kappa shape index (κ3) is 4.07. The maximum absolute atomic E-state index is 13.6. The van der Waals surface area contributed by atoms with Gasteiger partial charge in [-0.3, -0.25) is 14.4 Å². The van der Waals surface area contributed by atoms with E-state index in [4.69, 9.17) is 0 Å². The Morgan fingerprint density at radius 3 is 2.06 bits per heavy atom. The fourth-order valence-corrected chi connectivity index (χ4v) is 4.04. The number of aromatic nitrogens is 1. The first-order chi connectivity index (χ1) is 16.6. The van der Waals surface area contributed by atoms with Crippen molar-refractivity contribution in [3.63, 3.8) is 0 Å². The Kier molecular flexibility index (Phi) is 5.67. The highest BCUT2D eigenvalue weighted by molar-refractivity contribution is 6.06. The van der Waals surface area contributed by atoms with E-state index in [2.05, 4.69) is 10.3 Å². The number of pyridine rings is 1. The van der Waals surface area contributed by atoms with E-state index in [9.17, 15) is 9.90 Å². The van der Waals surface area contributed by atoms with Gasteiger partial charge in [0.1, 0.15) is 11.3 Å². The van der Waals surface area contributed by atoms with Crippen molar-refractivity contribution in [2.24, 2.45) is 4.99 Å². The van der Waals surface area contributed by atoms with Gasteiger partial charge in [-0.1, -0.05) is 48.5 Å². The van der Waals surface area contributed by atoms with Gasteiger partial charge in [0.15, 0.2) is 0 Å². The van der Waals surface area contributed by atoms with Crippen LogP contribution in [0.25, 0.3) is 16.6 Å². The maximum Gasteiger partial charge on any atom is 0.268 e. The zero-order chi connectivity index (χ0) is 23.5. The summed E-state index contributed by atoms with van der Waals surface area (Å²) in [4.78, 5) is 18.3. The molecule has 4 aromatic carbocycles. The summed E-state index contributed by atoms with van der Waals surface area (Å²) in [6.07, 6.45) is 0. The van der Waals surface area contributed by atoms with Gasteiger partial charge in [0, 0.05) is 22.4 Å². The molecule has 0 atom stereocenters. The summed E-state index contributed by atoms with van der Waals surface area (Å²) in [6, 6.07) is 34.3. The van der Waals surface area contributed by atoms with Crippen LogP contribution in [0.4, 0.5) is 17.1 Å². The lowest BCUT2D eigenvalue weighted by molar-refractivity contribution is 0.478. The van der Waals surface area contributed by atoms with Gasteiger partial charge in [0.2, 0.25) is 0 Å². The third-order valence-electron chi connectivity index (χ3n) is 5.66. The number of benzene rings is 4. The molecule has 2 N–H and O–H groups in total. The smallest absolute Gasteiger partial charge is 0.268 e. The Hall–Kier alpha value is -4.64. The number of nitrogens with one attached hydrogen (secondary N) is 1. The van der Waals surface area contributed by atoms with Crippen LogP contribution in [0.2, 0.25) is 0 Å². The molecule has 34 heavy (non-hydrogen) atoms. The summed E-state index contributed by atoms with van der Waals surface area (Å²) in [5.74, 6) is -0.0589. The van der Waals surface area contributed by atoms with Crippen LogP contribution in [0.5, 0.6) is 5.75 Å². The molecular formula is C29H23N3O2. The standard InChI is InChI=1S/C29H23N3O2/c1-20(30-22-16-18-23(19-17-22)31-21-10-4-2-5-11-21)27-28(33)25-14-8-9-15-26(25)32(29(27)34)24-12-6-3-7-13-24/h2-19,31,33H,1H3. The molecular weight excluding hydrogens is 422 g/mol. The van der Waals surface area contributed by atoms with E-state index < -0.39 is 0 Å². The van der Waals surface area contributed by atoms with E-state index in [0.29, 0.717) is 22.3 Å². The fourth-order valence-electron chi connectivity index (χ4n) is 4.04. The van der Waals surface area contributed by atoms with E-state index in [1.165, 1.54) is 0 Å². The van der Waals surface area contributed by atoms with Gasteiger partial charge in [-0.25, -0.2) is 0 Å². The Balaban J connectivity index is 1.57. The summed E-state index contributed by atoms with van der Waals surface area (Å²) in [5.41, 5.74) is 4.31. The van der Waals surface area contributed by atoms with Crippen molar-refractivity contribution < 1.29 is 5.11 Å². The minimum absolute atomic E-state index is 0.0589. The van der Waals surface area contributed by atoms with Gasteiger partial charge in [-0.15, -0.1) is 0 Å². The zero-order valence-electron chi connectivity index (χ0n) is 18.6. The maximum atomic E-state index is 13.6. The van der Waals surface area contributed by atoms with E-state index >= 15 is 0 Å². The molecule has 166 valence electrons. The summed E-state index contributed by atoms with van der Waals surface area (Å²) in [6.45, 7) is 1.75. The van der Waals surface area contributed by atoms with Crippen LogP contribution in [0.1, 0.15) is 12.5 Å². The number of hydrogen-bond acceptors (Lipinski definition) is 4. The summed E-state index contributed by atoms with van der Waals surface area (Å²) < 4.78 is 1.62. The van der Waals surface area contributed by atoms with Gasteiger partial charge >= 0.3 is 0 Å². The second kappa shape index (κ2) is 9.08. The predicted octanol–water partition coefficient (Wildman–Crippen LogP) is 6.58. The van der Waals surface area contributed by atoms with Gasteiger partial charge in [-0.2, -0.15) is 0 Å². The van der Waals surface area contributed by atoms with Crippen molar-refractivity contribution in [2.45, 2.75) is 6.92 Å². The van der Waals surface area contributed by atoms with Crippen LogP contribution < -0.4 is 10.9 Å². The van der Waals surface area contributed by atoms with Crippen molar-refractivity contribution in [3.8, 4) is 11.4 Å². The third-order valence-corrected chi connectivity index (χ3v) is 5.66. The second-order valence-electron chi connectivity index (χ2n) is 7.95. The fraction of sp³-hybridized carbons (Fsp3) is 0.0345. The molecule has 1 heterocycles. The van der Waals surface area contributed by atoms with Crippen molar-refractivity contribution in [2.75, 3.05) is 5.32 Å². The van der Waals surface area contributed by atoms with Gasteiger partial charge in [0.05, 0.1) is 16.9 Å². The van der Waals surface area contributed by atoms with Crippen molar-refractivity contribution in [3.05, 3.63) is 125 Å². The summed E-state index contributed by atoms with van der Waals surface area (Å²) >= 11 is 0. The number of aliphatic imine (C=N–C) groups is 1. The largest absolute Gasteiger partial charge is 0.506 e. The molecule has 0 saturated carbocycles. The quantitative estimate of drug-likeness (QED) is 0.300. The Morgan fingerprint density at radius 2 is 1.35 bits per heavy atom. The van der Waals surface area contributed by atoms with Gasteiger partial charge < -0.3 is 10.4 Å². The van der Waals surface area contributed by atoms with Crippen LogP contribution >= 0.6 is 0 Å². The van der Waals surface area contributed by atoms with Crippen LogP contribution in [0.3, 0.4) is 0 Å². The van der Waals surface area contributed by atoms with Gasteiger partial charge in [-0.05, 0) is 67.6 Å². The first-order valence-corrected chi connectivity index (χ1v) is 11.0. The zero-order valence-corrected chi connectivity index (χ0v) is 18.6. The van der Waals surface area contributed by atoms with Crippen LogP contribution in [-0.4, -0.2) is 15.4 Å². The first-order valence-electron chi connectivity index (χ1n) is 11.0. The molecule has 0 unspecified atom stereocenters. The molecule has 0 aliphatic heterocycles. The normalized spacial score (nSPS) is 11.5. The van der Waals surface area contributed by atoms with Crippen LogP contribution in [-0.2, 0) is 0 Å². The Labute approximate surface area is 197 Å². The topological polar surface area (TPSA) is 66.6 Å². The molecule has 0 saturated heterocycles. The number of hydrogen-bond donors (Lipinski definition) is 2. The molecule has 1 aromatic heterocycles. The SMILES string of the molecule is CC(=Nc1ccc(Nc2ccccc2)cc1)c1c(O)c2ccccc2n(-c2ccccc2)c1=O. The second-order valence-corrected chi connectivity index (χ2v) is 7.95. The molecule has 0 radical (unpaired) electrons. The number of fused-ring (bicyclic) bond motifs is 1. The Bertz CT molecular complexity index is 1540. The number of para-hydroxylation sites is 3. The van der Waals surface area contributed by atoms with E-state index in [-0.39, 0.29) is 16.9 Å². The molecule has 5 nitrogen and oxygen atoms in total.